The predicted molar refractivity (Wildman–Crippen MR) is 94.7 cm³/mol. The summed E-state index contributed by atoms with van der Waals surface area (Å²) in [6.07, 6.45) is 11.2. The molecule has 1 aromatic carbocycles. The van der Waals surface area contributed by atoms with Gasteiger partial charge in [0.15, 0.2) is 0 Å². The zero-order valence-electron chi connectivity index (χ0n) is 14.0. The first-order valence-corrected chi connectivity index (χ1v) is 8.21. The predicted octanol–water partition coefficient (Wildman–Crippen LogP) is 3.28. The molecule has 0 saturated heterocycles. The van der Waals surface area contributed by atoms with E-state index in [0.29, 0.717) is 11.1 Å². The van der Waals surface area contributed by atoms with Crippen molar-refractivity contribution in [1.82, 2.24) is 10.9 Å². The average Bonchev–Trinajstić information content (AvgIpc) is 2.62. The van der Waals surface area contributed by atoms with Crippen molar-refractivity contribution in [1.29, 1.82) is 0 Å². The molecular weight excluding hydrogens is 306 g/mol. The Labute approximate surface area is 142 Å². The molecule has 0 saturated carbocycles. The van der Waals surface area contributed by atoms with Crippen LogP contribution in [0.15, 0.2) is 35.4 Å². The van der Waals surface area contributed by atoms with Crippen LogP contribution in [0.3, 0.4) is 0 Å². The van der Waals surface area contributed by atoms with E-state index in [1.54, 1.807) is 30.5 Å². The molecule has 0 aromatic heterocycles. The van der Waals surface area contributed by atoms with Crippen LogP contribution in [-0.4, -0.2) is 23.2 Å². The van der Waals surface area contributed by atoms with E-state index in [1.165, 1.54) is 43.3 Å². The van der Waals surface area contributed by atoms with Crippen molar-refractivity contribution in [3.63, 3.8) is 0 Å². The van der Waals surface area contributed by atoms with Crippen LogP contribution in [0, 0.1) is 0 Å². The summed E-state index contributed by atoms with van der Waals surface area (Å²) >= 11 is 0. The number of hydrogen-bond donors (Lipinski definition) is 3. The van der Waals surface area contributed by atoms with Gasteiger partial charge in [-0.15, -0.1) is 0 Å². The maximum Gasteiger partial charge on any atom is 0.271 e. The van der Waals surface area contributed by atoms with E-state index in [4.69, 9.17) is 5.21 Å². The zero-order valence-corrected chi connectivity index (χ0v) is 14.0. The molecule has 0 unspecified atom stereocenters. The number of hydrazone groups is 1. The van der Waals surface area contributed by atoms with Gasteiger partial charge in [-0.05, 0) is 36.6 Å². The minimum absolute atomic E-state index is 0.306. The number of nitrogens with one attached hydrogen (secondary N) is 2. The van der Waals surface area contributed by atoms with Crippen molar-refractivity contribution in [2.24, 2.45) is 5.10 Å². The monoisotopic (exact) mass is 331 g/mol. The highest BCUT2D eigenvalue weighted by atomic mass is 16.5. The first-order chi connectivity index (χ1) is 11.7. The van der Waals surface area contributed by atoms with Crippen LogP contribution < -0.4 is 10.9 Å². The van der Waals surface area contributed by atoms with Gasteiger partial charge < -0.3 is 0 Å². The fourth-order valence-corrected chi connectivity index (χ4v) is 2.07. The standard InChI is InChI=1S/C18H25N3O3/c1-2-3-4-5-6-7-13-19-20-18(23)16-10-8-9-15(14-16)11-12-17(22)21-24/h8-14,24H,2-7H2,1H3,(H,20,23)(H,21,22). The molecule has 0 aliphatic heterocycles. The molecule has 0 heterocycles. The molecule has 3 N–H and O–H groups in total. The largest absolute Gasteiger partial charge is 0.288 e. The Hall–Kier alpha value is -2.47. The highest BCUT2D eigenvalue weighted by Crippen LogP contribution is 2.07. The van der Waals surface area contributed by atoms with Crippen molar-refractivity contribution in [3.05, 3.63) is 41.5 Å². The summed E-state index contributed by atoms with van der Waals surface area (Å²) in [5.41, 5.74) is 5.11. The fourth-order valence-electron chi connectivity index (χ4n) is 2.07. The number of amides is 2. The number of hydrogen-bond acceptors (Lipinski definition) is 4. The second-order valence-electron chi connectivity index (χ2n) is 5.39. The lowest BCUT2D eigenvalue weighted by Gasteiger charge is -2.01. The van der Waals surface area contributed by atoms with E-state index in [1.807, 2.05) is 0 Å². The lowest BCUT2D eigenvalue weighted by molar-refractivity contribution is -0.124. The van der Waals surface area contributed by atoms with E-state index < -0.39 is 5.91 Å². The number of benzene rings is 1. The molecule has 0 aliphatic rings. The van der Waals surface area contributed by atoms with Crippen LogP contribution >= 0.6 is 0 Å². The molecule has 2 amide bonds. The van der Waals surface area contributed by atoms with Crippen LogP contribution in [-0.2, 0) is 4.79 Å². The van der Waals surface area contributed by atoms with E-state index >= 15 is 0 Å². The Morgan fingerprint density at radius 2 is 2.00 bits per heavy atom. The summed E-state index contributed by atoms with van der Waals surface area (Å²) in [7, 11) is 0. The molecule has 0 fully saturated rings. The van der Waals surface area contributed by atoms with Gasteiger partial charge in [0.1, 0.15) is 0 Å². The number of nitrogens with zero attached hydrogens (tertiary/aromatic N) is 1. The normalized spacial score (nSPS) is 11.1. The number of unbranched alkanes of at least 4 members (excludes halogenated alkanes) is 5. The molecule has 24 heavy (non-hydrogen) atoms. The number of carbonyl (C=O) groups is 2. The van der Waals surface area contributed by atoms with Crippen LogP contribution in [0.4, 0.5) is 0 Å². The Bertz CT molecular complexity index is 583. The third-order valence-corrected chi connectivity index (χ3v) is 3.38. The van der Waals surface area contributed by atoms with Crippen LogP contribution in [0.25, 0.3) is 6.08 Å². The summed E-state index contributed by atoms with van der Waals surface area (Å²) in [6, 6.07) is 6.76. The van der Waals surface area contributed by atoms with Gasteiger partial charge in [0.25, 0.3) is 11.8 Å². The first-order valence-electron chi connectivity index (χ1n) is 8.21. The van der Waals surface area contributed by atoms with Gasteiger partial charge in [0.2, 0.25) is 0 Å². The van der Waals surface area contributed by atoms with Gasteiger partial charge in [-0.25, -0.2) is 10.9 Å². The minimum atomic E-state index is -0.631. The molecular formula is C18H25N3O3. The van der Waals surface area contributed by atoms with Gasteiger partial charge in [-0.1, -0.05) is 44.7 Å². The van der Waals surface area contributed by atoms with E-state index in [-0.39, 0.29) is 5.91 Å². The molecule has 0 aliphatic carbocycles. The van der Waals surface area contributed by atoms with Crippen LogP contribution in [0.2, 0.25) is 0 Å². The summed E-state index contributed by atoms with van der Waals surface area (Å²) in [4.78, 5) is 22.9. The molecule has 0 radical (unpaired) electrons. The first kappa shape index (κ1) is 19.6. The quantitative estimate of drug-likeness (QED) is 0.202. The zero-order chi connectivity index (χ0) is 17.6. The summed E-state index contributed by atoms with van der Waals surface area (Å²) in [5, 5.41) is 12.4. The molecule has 1 aromatic rings. The van der Waals surface area contributed by atoms with Crippen molar-refractivity contribution in [2.75, 3.05) is 0 Å². The number of hydroxylamine groups is 1. The van der Waals surface area contributed by atoms with Crippen molar-refractivity contribution >= 4 is 24.1 Å². The van der Waals surface area contributed by atoms with Gasteiger partial charge >= 0.3 is 0 Å². The average molecular weight is 331 g/mol. The molecule has 6 heteroatoms. The topological polar surface area (TPSA) is 90.8 Å². The molecule has 0 atom stereocenters. The summed E-state index contributed by atoms with van der Waals surface area (Å²) in [5.74, 6) is -0.938. The Balaban J connectivity index is 2.42. The van der Waals surface area contributed by atoms with Crippen molar-refractivity contribution < 1.29 is 14.8 Å². The number of carbonyl (C=O) groups excluding carboxylic acids is 2. The third kappa shape index (κ3) is 8.24. The van der Waals surface area contributed by atoms with Gasteiger partial charge in [-0.3, -0.25) is 14.8 Å². The second kappa shape index (κ2) is 12.0. The SMILES string of the molecule is CCCCCCCC=NNC(=O)c1cccc(C=CC(=O)NO)c1. The molecule has 130 valence electrons. The third-order valence-electron chi connectivity index (χ3n) is 3.38. The maximum absolute atomic E-state index is 12.0. The molecule has 0 spiro atoms. The van der Waals surface area contributed by atoms with Crippen LogP contribution in [0.1, 0.15) is 61.4 Å². The second-order valence-corrected chi connectivity index (χ2v) is 5.39. The fraction of sp³-hybridized carbons (Fsp3) is 0.389. The van der Waals surface area contributed by atoms with Crippen molar-refractivity contribution in [3.8, 4) is 0 Å². The van der Waals surface area contributed by atoms with Gasteiger partial charge in [0, 0.05) is 17.9 Å². The summed E-state index contributed by atoms with van der Waals surface area (Å²) < 4.78 is 0. The Morgan fingerprint density at radius 3 is 2.75 bits per heavy atom. The van der Waals surface area contributed by atoms with E-state index in [2.05, 4.69) is 17.5 Å². The summed E-state index contributed by atoms with van der Waals surface area (Å²) in [6.45, 7) is 2.18. The van der Waals surface area contributed by atoms with Gasteiger partial charge in [-0.2, -0.15) is 5.10 Å². The smallest absolute Gasteiger partial charge is 0.271 e. The molecule has 6 nitrogen and oxygen atoms in total. The van der Waals surface area contributed by atoms with Crippen LogP contribution in [0.5, 0.6) is 0 Å². The maximum atomic E-state index is 12.0. The minimum Gasteiger partial charge on any atom is -0.288 e. The molecule has 0 bridgehead atoms. The van der Waals surface area contributed by atoms with Crippen molar-refractivity contribution in [2.45, 2.75) is 45.4 Å². The molecule has 1 rings (SSSR count). The van der Waals surface area contributed by atoms with E-state index in [0.717, 1.165) is 12.8 Å². The Kier molecular flexibility index (Phi) is 9.80. The lowest BCUT2D eigenvalue weighted by atomic mass is 10.1. The van der Waals surface area contributed by atoms with E-state index in [9.17, 15) is 9.59 Å². The lowest BCUT2D eigenvalue weighted by Crippen LogP contribution is -2.17. The highest BCUT2D eigenvalue weighted by molar-refractivity contribution is 5.95. The Morgan fingerprint density at radius 1 is 1.21 bits per heavy atom. The van der Waals surface area contributed by atoms with Gasteiger partial charge in [0.05, 0.1) is 0 Å². The highest BCUT2D eigenvalue weighted by Gasteiger charge is 2.04. The number of rotatable bonds is 10.